The fourth-order valence-corrected chi connectivity index (χ4v) is 1.15. The highest BCUT2D eigenvalue weighted by atomic mass is 16.5. The maximum atomic E-state index is 11.0. The van der Waals surface area contributed by atoms with Crippen molar-refractivity contribution < 1.29 is 19.1 Å². The third kappa shape index (κ3) is 4.14. The van der Waals surface area contributed by atoms with Gasteiger partial charge in [-0.3, -0.25) is 4.79 Å². The number of aliphatic hydroxyl groups excluding tert-OH is 1. The summed E-state index contributed by atoms with van der Waals surface area (Å²) in [5, 5.41) is 12.2. The summed E-state index contributed by atoms with van der Waals surface area (Å²) in [6.07, 6.45) is 1.24. The van der Waals surface area contributed by atoms with Gasteiger partial charge in [0.05, 0.1) is 6.26 Å². The molecule has 1 heterocycles. The molecule has 0 saturated carbocycles. The van der Waals surface area contributed by atoms with E-state index in [4.69, 9.17) is 4.42 Å². The van der Waals surface area contributed by atoms with E-state index in [-0.39, 0.29) is 12.5 Å². The number of aliphatic hydroxyl groups is 1. The van der Waals surface area contributed by atoms with Crippen molar-refractivity contribution in [2.24, 2.45) is 0 Å². The highest BCUT2D eigenvalue weighted by molar-refractivity contribution is 5.77. The van der Waals surface area contributed by atoms with E-state index < -0.39 is 6.10 Å². The second kappa shape index (κ2) is 6.21. The molecule has 0 radical (unpaired) electrons. The van der Waals surface area contributed by atoms with Gasteiger partial charge in [-0.1, -0.05) is 0 Å². The van der Waals surface area contributed by atoms with E-state index in [1.807, 2.05) is 0 Å². The number of rotatable bonds is 6. The third-order valence-corrected chi connectivity index (χ3v) is 1.89. The number of hydrogen-bond acceptors (Lipinski definition) is 4. The summed E-state index contributed by atoms with van der Waals surface area (Å²) in [6.45, 7) is 0.431. The van der Waals surface area contributed by atoms with Gasteiger partial charge in [-0.25, -0.2) is 0 Å². The first-order valence-electron chi connectivity index (χ1n) is 4.71. The van der Waals surface area contributed by atoms with Gasteiger partial charge >= 0.3 is 0 Å². The van der Waals surface area contributed by atoms with Crippen molar-refractivity contribution in [2.75, 3.05) is 20.3 Å². The summed E-state index contributed by atoms with van der Waals surface area (Å²) in [6, 6.07) is 3.41. The van der Waals surface area contributed by atoms with Crippen LogP contribution in [0.4, 0.5) is 0 Å². The SMILES string of the molecule is COCC(=O)NCCC(O)c1ccco1. The van der Waals surface area contributed by atoms with E-state index in [1.165, 1.54) is 13.4 Å². The predicted molar refractivity (Wildman–Crippen MR) is 53.2 cm³/mol. The monoisotopic (exact) mass is 213 g/mol. The number of carbonyl (C=O) groups is 1. The number of nitrogens with one attached hydrogen (secondary N) is 1. The van der Waals surface area contributed by atoms with Crippen LogP contribution in [-0.2, 0) is 9.53 Å². The smallest absolute Gasteiger partial charge is 0.245 e. The number of ether oxygens (including phenoxy) is 1. The van der Waals surface area contributed by atoms with Gasteiger partial charge in [0.1, 0.15) is 18.5 Å². The van der Waals surface area contributed by atoms with Gasteiger partial charge in [-0.15, -0.1) is 0 Å². The highest BCUT2D eigenvalue weighted by Crippen LogP contribution is 2.15. The molecular formula is C10H15NO4. The van der Waals surface area contributed by atoms with Crippen molar-refractivity contribution in [2.45, 2.75) is 12.5 Å². The summed E-state index contributed by atoms with van der Waals surface area (Å²) < 4.78 is 9.65. The van der Waals surface area contributed by atoms with Crippen molar-refractivity contribution >= 4 is 5.91 Å². The molecule has 0 saturated heterocycles. The molecule has 0 fully saturated rings. The molecule has 0 aliphatic rings. The van der Waals surface area contributed by atoms with E-state index in [9.17, 15) is 9.90 Å². The van der Waals surface area contributed by atoms with Crippen LogP contribution in [-0.4, -0.2) is 31.3 Å². The Labute approximate surface area is 88.0 Å². The lowest BCUT2D eigenvalue weighted by molar-refractivity contribution is -0.124. The Morgan fingerprint density at radius 2 is 2.53 bits per heavy atom. The molecule has 0 aromatic carbocycles. The molecule has 0 bridgehead atoms. The van der Waals surface area contributed by atoms with E-state index >= 15 is 0 Å². The standard InChI is InChI=1S/C10H15NO4/c1-14-7-10(13)11-5-4-8(12)9-3-2-6-15-9/h2-3,6,8,12H,4-5,7H2,1H3,(H,11,13). The Morgan fingerprint density at radius 1 is 1.73 bits per heavy atom. The molecular weight excluding hydrogens is 198 g/mol. The van der Waals surface area contributed by atoms with Crippen LogP contribution in [0, 0.1) is 0 Å². The molecule has 1 atom stereocenters. The minimum absolute atomic E-state index is 0.0385. The van der Waals surface area contributed by atoms with Crippen LogP contribution in [0.3, 0.4) is 0 Å². The Morgan fingerprint density at radius 3 is 3.13 bits per heavy atom. The average Bonchev–Trinajstić information content (AvgIpc) is 2.70. The fourth-order valence-electron chi connectivity index (χ4n) is 1.15. The number of hydrogen-bond donors (Lipinski definition) is 2. The lowest BCUT2D eigenvalue weighted by Crippen LogP contribution is -2.28. The molecule has 0 spiro atoms. The predicted octanol–water partition coefficient (Wildman–Crippen LogP) is 0.466. The van der Waals surface area contributed by atoms with Gasteiger partial charge in [0.15, 0.2) is 0 Å². The molecule has 84 valence electrons. The van der Waals surface area contributed by atoms with Gasteiger partial charge in [0, 0.05) is 13.7 Å². The first-order chi connectivity index (χ1) is 7.24. The van der Waals surface area contributed by atoms with E-state index in [1.54, 1.807) is 12.1 Å². The second-order valence-electron chi connectivity index (χ2n) is 3.10. The van der Waals surface area contributed by atoms with Gasteiger partial charge in [0.25, 0.3) is 0 Å². The zero-order chi connectivity index (χ0) is 11.1. The molecule has 5 heteroatoms. The Balaban J connectivity index is 2.18. The molecule has 1 aromatic heterocycles. The Hall–Kier alpha value is -1.33. The minimum Gasteiger partial charge on any atom is -0.467 e. The summed E-state index contributed by atoms with van der Waals surface area (Å²) >= 11 is 0. The topological polar surface area (TPSA) is 71.7 Å². The Kier molecular flexibility index (Phi) is 4.86. The van der Waals surface area contributed by atoms with Crippen LogP contribution in [0.2, 0.25) is 0 Å². The highest BCUT2D eigenvalue weighted by Gasteiger charge is 2.10. The lowest BCUT2D eigenvalue weighted by atomic mass is 10.2. The normalized spacial score (nSPS) is 12.4. The number of carbonyl (C=O) groups excluding carboxylic acids is 1. The van der Waals surface area contributed by atoms with E-state index in [0.717, 1.165) is 0 Å². The van der Waals surface area contributed by atoms with Crippen LogP contribution in [0.15, 0.2) is 22.8 Å². The summed E-state index contributed by atoms with van der Waals surface area (Å²) in [5.74, 6) is 0.320. The molecule has 2 N–H and O–H groups in total. The molecule has 0 aliphatic carbocycles. The van der Waals surface area contributed by atoms with Gasteiger partial charge in [-0.05, 0) is 18.6 Å². The second-order valence-corrected chi connectivity index (χ2v) is 3.10. The minimum atomic E-state index is -0.678. The first kappa shape index (κ1) is 11.7. The van der Waals surface area contributed by atoms with E-state index in [2.05, 4.69) is 10.1 Å². The zero-order valence-corrected chi connectivity index (χ0v) is 8.60. The third-order valence-electron chi connectivity index (χ3n) is 1.89. The van der Waals surface area contributed by atoms with Gasteiger partial charge < -0.3 is 19.6 Å². The molecule has 1 rings (SSSR count). The number of amides is 1. The largest absolute Gasteiger partial charge is 0.467 e. The molecule has 1 amide bonds. The van der Waals surface area contributed by atoms with Crippen molar-refractivity contribution in [1.82, 2.24) is 5.32 Å². The van der Waals surface area contributed by atoms with Crippen LogP contribution in [0.25, 0.3) is 0 Å². The van der Waals surface area contributed by atoms with Crippen LogP contribution >= 0.6 is 0 Å². The van der Waals surface area contributed by atoms with Gasteiger partial charge in [0.2, 0.25) is 5.91 Å². The molecule has 1 unspecified atom stereocenters. The van der Waals surface area contributed by atoms with Crippen molar-refractivity contribution in [3.63, 3.8) is 0 Å². The van der Waals surface area contributed by atoms with Crippen molar-refractivity contribution in [3.8, 4) is 0 Å². The van der Waals surface area contributed by atoms with Crippen molar-refractivity contribution in [1.29, 1.82) is 0 Å². The van der Waals surface area contributed by atoms with Gasteiger partial charge in [-0.2, -0.15) is 0 Å². The quantitative estimate of drug-likeness (QED) is 0.720. The average molecular weight is 213 g/mol. The maximum Gasteiger partial charge on any atom is 0.245 e. The molecule has 5 nitrogen and oxygen atoms in total. The van der Waals surface area contributed by atoms with Crippen LogP contribution < -0.4 is 5.32 Å². The van der Waals surface area contributed by atoms with Crippen molar-refractivity contribution in [3.05, 3.63) is 24.2 Å². The van der Waals surface area contributed by atoms with Crippen LogP contribution in [0.1, 0.15) is 18.3 Å². The first-order valence-corrected chi connectivity index (χ1v) is 4.71. The zero-order valence-electron chi connectivity index (χ0n) is 8.60. The fraction of sp³-hybridized carbons (Fsp3) is 0.500. The van der Waals surface area contributed by atoms with E-state index in [0.29, 0.717) is 18.7 Å². The Bertz CT molecular complexity index is 284. The lowest BCUT2D eigenvalue weighted by Gasteiger charge is -2.08. The summed E-state index contributed by atoms with van der Waals surface area (Å²) in [5.41, 5.74) is 0. The summed E-state index contributed by atoms with van der Waals surface area (Å²) in [4.78, 5) is 11.0. The summed E-state index contributed by atoms with van der Waals surface area (Å²) in [7, 11) is 1.46. The molecule has 0 aliphatic heterocycles. The van der Waals surface area contributed by atoms with Crippen LogP contribution in [0.5, 0.6) is 0 Å². The number of furan rings is 1. The molecule has 15 heavy (non-hydrogen) atoms. The number of methoxy groups -OCH3 is 1. The molecule has 1 aromatic rings. The maximum absolute atomic E-state index is 11.0.